The molecule has 1 aromatic carbocycles. The number of sulfone groups is 1. The van der Waals surface area contributed by atoms with Crippen LogP contribution in [-0.4, -0.2) is 37.9 Å². The van der Waals surface area contributed by atoms with Gasteiger partial charge in [-0.1, -0.05) is 0 Å². The van der Waals surface area contributed by atoms with E-state index in [9.17, 15) is 13.5 Å². The van der Waals surface area contributed by atoms with Crippen molar-refractivity contribution in [3.8, 4) is 17.2 Å². The van der Waals surface area contributed by atoms with Gasteiger partial charge in [0.15, 0.2) is 21.3 Å². The van der Waals surface area contributed by atoms with E-state index in [1.807, 2.05) is 0 Å². The number of nitrogens with one attached hydrogen (secondary N) is 1. The lowest BCUT2D eigenvalue weighted by atomic mass is 10.1. The highest BCUT2D eigenvalue weighted by Gasteiger charge is 2.25. The van der Waals surface area contributed by atoms with Crippen molar-refractivity contribution in [3.63, 3.8) is 0 Å². The van der Waals surface area contributed by atoms with Gasteiger partial charge in [0.2, 0.25) is 6.79 Å². The highest BCUT2D eigenvalue weighted by molar-refractivity contribution is 7.91. The van der Waals surface area contributed by atoms with Gasteiger partial charge in [-0.05, 0) is 18.9 Å². The Bertz CT molecular complexity index is 613. The molecule has 0 radical (unpaired) electrons. The van der Waals surface area contributed by atoms with Crippen LogP contribution in [0.15, 0.2) is 12.1 Å². The minimum Gasteiger partial charge on any atom is -0.507 e. The molecule has 1 aromatic rings. The van der Waals surface area contributed by atoms with E-state index < -0.39 is 9.84 Å². The van der Waals surface area contributed by atoms with E-state index in [0.29, 0.717) is 30.0 Å². The van der Waals surface area contributed by atoms with Crippen LogP contribution in [0.1, 0.15) is 18.4 Å². The van der Waals surface area contributed by atoms with Gasteiger partial charge in [0.05, 0.1) is 11.5 Å². The summed E-state index contributed by atoms with van der Waals surface area (Å²) in [4.78, 5) is 0. The molecule has 1 fully saturated rings. The monoisotopic (exact) mass is 299 g/mol. The summed E-state index contributed by atoms with van der Waals surface area (Å²) in [6.45, 7) is 0.565. The summed E-state index contributed by atoms with van der Waals surface area (Å²) in [5, 5.41) is 13.1. The number of phenols is 1. The summed E-state index contributed by atoms with van der Waals surface area (Å²) in [5.74, 6) is 1.71. The Morgan fingerprint density at radius 3 is 2.80 bits per heavy atom. The summed E-state index contributed by atoms with van der Waals surface area (Å²) >= 11 is 0. The zero-order chi connectivity index (χ0) is 14.2. The number of fused-ring (bicyclic) bond motifs is 1. The van der Waals surface area contributed by atoms with Crippen LogP contribution in [0.25, 0.3) is 0 Å². The number of phenolic OH excluding ortho intramolecular Hbond substituents is 1. The van der Waals surface area contributed by atoms with E-state index in [-0.39, 0.29) is 30.1 Å². The molecular formula is C13H17NO5S. The quantitative estimate of drug-likeness (QED) is 0.858. The van der Waals surface area contributed by atoms with Gasteiger partial charge in [-0.15, -0.1) is 0 Å². The van der Waals surface area contributed by atoms with Crippen molar-refractivity contribution in [1.29, 1.82) is 0 Å². The minimum absolute atomic E-state index is 0.0569. The van der Waals surface area contributed by atoms with Crippen LogP contribution in [0.2, 0.25) is 0 Å². The number of hydrogen-bond donors (Lipinski definition) is 2. The normalized spacial score (nSPS) is 23.7. The Morgan fingerprint density at radius 2 is 2.05 bits per heavy atom. The third-order valence-electron chi connectivity index (χ3n) is 3.62. The Kier molecular flexibility index (Phi) is 3.47. The molecule has 0 amide bonds. The highest BCUT2D eigenvalue weighted by Crippen LogP contribution is 2.37. The maximum atomic E-state index is 11.6. The molecule has 2 aliphatic heterocycles. The molecule has 1 saturated heterocycles. The van der Waals surface area contributed by atoms with Crippen LogP contribution in [-0.2, 0) is 16.4 Å². The first-order valence-corrected chi connectivity index (χ1v) is 8.41. The summed E-state index contributed by atoms with van der Waals surface area (Å²) in [6.07, 6.45) is 1.53. The molecule has 0 aromatic heterocycles. The zero-order valence-corrected chi connectivity index (χ0v) is 11.8. The average Bonchev–Trinajstić information content (AvgIpc) is 2.82. The van der Waals surface area contributed by atoms with Crippen LogP contribution in [0.3, 0.4) is 0 Å². The predicted octanol–water partition coefficient (Wildman–Crippen LogP) is 0.788. The SMILES string of the molecule is O=S1(=O)CCCC(NCc2cc3c(cc2O)OCO3)C1. The van der Waals surface area contributed by atoms with Crippen molar-refractivity contribution in [2.24, 2.45) is 0 Å². The van der Waals surface area contributed by atoms with Crippen LogP contribution < -0.4 is 14.8 Å². The molecule has 2 heterocycles. The highest BCUT2D eigenvalue weighted by atomic mass is 32.2. The summed E-state index contributed by atoms with van der Waals surface area (Å²) in [5.41, 5.74) is 0.678. The van der Waals surface area contributed by atoms with E-state index in [2.05, 4.69) is 5.32 Å². The summed E-state index contributed by atoms with van der Waals surface area (Å²) in [7, 11) is -2.93. The van der Waals surface area contributed by atoms with Gasteiger partial charge in [0.25, 0.3) is 0 Å². The molecule has 0 saturated carbocycles. The van der Waals surface area contributed by atoms with Crippen LogP contribution in [0.5, 0.6) is 17.2 Å². The Labute approximate surface area is 117 Å². The summed E-state index contributed by atoms with van der Waals surface area (Å²) < 4.78 is 33.6. The Balaban J connectivity index is 1.67. The molecule has 3 rings (SSSR count). The first-order valence-electron chi connectivity index (χ1n) is 6.59. The van der Waals surface area contributed by atoms with E-state index >= 15 is 0 Å². The molecule has 0 bridgehead atoms. The second-order valence-electron chi connectivity index (χ2n) is 5.17. The van der Waals surface area contributed by atoms with E-state index in [1.165, 1.54) is 6.07 Å². The molecular weight excluding hydrogens is 282 g/mol. The van der Waals surface area contributed by atoms with Crippen LogP contribution in [0, 0.1) is 0 Å². The van der Waals surface area contributed by atoms with Gasteiger partial charge >= 0.3 is 0 Å². The van der Waals surface area contributed by atoms with Gasteiger partial charge < -0.3 is 19.9 Å². The lowest BCUT2D eigenvalue weighted by Crippen LogP contribution is -2.39. The van der Waals surface area contributed by atoms with Gasteiger partial charge in [-0.3, -0.25) is 0 Å². The van der Waals surface area contributed by atoms with E-state index in [0.717, 1.165) is 6.42 Å². The van der Waals surface area contributed by atoms with Crippen molar-refractivity contribution in [3.05, 3.63) is 17.7 Å². The van der Waals surface area contributed by atoms with E-state index in [1.54, 1.807) is 6.07 Å². The maximum absolute atomic E-state index is 11.6. The molecule has 0 spiro atoms. The fourth-order valence-corrected chi connectivity index (χ4v) is 4.22. The fraction of sp³-hybridized carbons (Fsp3) is 0.538. The number of hydrogen-bond acceptors (Lipinski definition) is 6. The molecule has 20 heavy (non-hydrogen) atoms. The van der Waals surface area contributed by atoms with Gasteiger partial charge in [0.1, 0.15) is 5.75 Å². The molecule has 6 nitrogen and oxygen atoms in total. The minimum atomic E-state index is -2.93. The first kappa shape index (κ1) is 13.5. The topological polar surface area (TPSA) is 84.9 Å². The van der Waals surface area contributed by atoms with Crippen molar-refractivity contribution in [1.82, 2.24) is 5.32 Å². The van der Waals surface area contributed by atoms with Gasteiger partial charge in [-0.2, -0.15) is 0 Å². The largest absolute Gasteiger partial charge is 0.507 e. The van der Waals surface area contributed by atoms with Crippen molar-refractivity contribution < 1.29 is 23.0 Å². The molecule has 7 heteroatoms. The standard InChI is InChI=1S/C13H17NO5S/c15-11-5-13-12(18-8-19-13)4-9(11)6-14-10-2-1-3-20(16,17)7-10/h4-5,10,14-15H,1-3,6-8H2. The third-order valence-corrected chi connectivity index (χ3v) is 5.44. The van der Waals surface area contributed by atoms with Crippen molar-refractivity contribution >= 4 is 9.84 Å². The third kappa shape index (κ3) is 2.83. The lowest BCUT2D eigenvalue weighted by Gasteiger charge is -2.23. The van der Waals surface area contributed by atoms with Crippen LogP contribution in [0.4, 0.5) is 0 Å². The molecule has 2 N–H and O–H groups in total. The number of benzene rings is 1. The molecule has 2 aliphatic rings. The molecule has 1 unspecified atom stereocenters. The lowest BCUT2D eigenvalue weighted by molar-refractivity contribution is 0.174. The first-order chi connectivity index (χ1) is 9.53. The summed E-state index contributed by atoms with van der Waals surface area (Å²) in [6, 6.07) is 3.19. The maximum Gasteiger partial charge on any atom is 0.231 e. The van der Waals surface area contributed by atoms with Crippen LogP contribution >= 0.6 is 0 Å². The van der Waals surface area contributed by atoms with Crippen molar-refractivity contribution in [2.45, 2.75) is 25.4 Å². The van der Waals surface area contributed by atoms with Crippen molar-refractivity contribution in [2.75, 3.05) is 18.3 Å². The van der Waals surface area contributed by atoms with E-state index in [4.69, 9.17) is 9.47 Å². The molecule has 1 atom stereocenters. The number of ether oxygens (including phenoxy) is 2. The van der Waals surface area contributed by atoms with Gasteiger partial charge in [-0.25, -0.2) is 8.42 Å². The zero-order valence-electron chi connectivity index (χ0n) is 11.0. The predicted molar refractivity (Wildman–Crippen MR) is 72.7 cm³/mol. The Hall–Kier alpha value is -1.47. The number of rotatable bonds is 3. The Morgan fingerprint density at radius 1 is 1.30 bits per heavy atom. The average molecular weight is 299 g/mol. The smallest absolute Gasteiger partial charge is 0.231 e. The fourth-order valence-electron chi connectivity index (χ4n) is 2.55. The molecule has 110 valence electrons. The second kappa shape index (κ2) is 5.14. The second-order valence-corrected chi connectivity index (χ2v) is 7.40. The molecule has 0 aliphatic carbocycles. The van der Waals surface area contributed by atoms with Gasteiger partial charge in [0, 0.05) is 24.2 Å². The number of aromatic hydroxyl groups is 1.